The summed E-state index contributed by atoms with van der Waals surface area (Å²) >= 11 is 6.05. The van der Waals surface area contributed by atoms with Gasteiger partial charge in [-0.15, -0.1) is 10.2 Å². The molecule has 1 aliphatic heterocycles. The quantitative estimate of drug-likeness (QED) is 0.198. The molecule has 0 amide bonds. The lowest BCUT2D eigenvalue weighted by atomic mass is 10.1. The Labute approximate surface area is 225 Å². The first kappa shape index (κ1) is 25.2. The second-order valence-corrected chi connectivity index (χ2v) is 9.48. The average Bonchev–Trinajstić information content (AvgIpc) is 3.54. The standard InChI is InChI=1S/C25H23ClN8O5/c26-13-7-5-12(6-8-13)9-33-15-4-2-1-3-14(15)18(36)23(33)31-32-25-30-17-21(27)28-11-29-22(17)34(25)24-20(38)19(37)16(10-35)39-24/h1-8,11,16,19-20,24,35-38H,9-10H2,(H2,27,28,29)/b32-31+. The van der Waals surface area contributed by atoms with Crippen LogP contribution in [0.15, 0.2) is 65.1 Å². The van der Waals surface area contributed by atoms with Gasteiger partial charge in [-0.1, -0.05) is 35.9 Å². The Hall–Kier alpha value is -4.14. The Morgan fingerprint density at radius 1 is 1.03 bits per heavy atom. The van der Waals surface area contributed by atoms with Gasteiger partial charge in [-0.2, -0.15) is 0 Å². The van der Waals surface area contributed by atoms with E-state index in [-0.39, 0.29) is 34.5 Å². The molecule has 1 fully saturated rings. The number of aromatic hydroxyl groups is 1. The molecule has 0 aliphatic carbocycles. The zero-order chi connectivity index (χ0) is 27.3. The summed E-state index contributed by atoms with van der Waals surface area (Å²) in [4.78, 5) is 12.6. The van der Waals surface area contributed by atoms with Gasteiger partial charge in [-0.25, -0.2) is 15.0 Å². The van der Waals surface area contributed by atoms with E-state index in [0.29, 0.717) is 17.0 Å². The fourth-order valence-corrected chi connectivity index (χ4v) is 4.84. The molecule has 0 radical (unpaired) electrons. The summed E-state index contributed by atoms with van der Waals surface area (Å²) in [5, 5.41) is 51.5. The van der Waals surface area contributed by atoms with E-state index < -0.39 is 31.1 Å². The minimum Gasteiger partial charge on any atom is -0.504 e. The van der Waals surface area contributed by atoms with Crippen molar-refractivity contribution in [3.05, 3.63) is 65.4 Å². The predicted molar refractivity (Wildman–Crippen MR) is 141 cm³/mol. The van der Waals surface area contributed by atoms with Gasteiger partial charge in [0.15, 0.2) is 34.8 Å². The van der Waals surface area contributed by atoms with Gasteiger partial charge in [-0.3, -0.25) is 4.57 Å². The van der Waals surface area contributed by atoms with Crippen LogP contribution in [-0.2, 0) is 11.3 Å². The van der Waals surface area contributed by atoms with Gasteiger partial charge in [-0.05, 0) is 29.8 Å². The lowest BCUT2D eigenvalue weighted by Crippen LogP contribution is -2.33. The van der Waals surface area contributed by atoms with E-state index in [9.17, 15) is 20.4 Å². The highest BCUT2D eigenvalue weighted by Gasteiger charge is 2.45. The van der Waals surface area contributed by atoms with Crippen LogP contribution in [0.1, 0.15) is 11.8 Å². The van der Waals surface area contributed by atoms with Crippen LogP contribution in [-0.4, -0.2) is 69.4 Å². The van der Waals surface area contributed by atoms with Crippen LogP contribution in [0.5, 0.6) is 5.75 Å². The number of aliphatic hydroxyl groups excluding tert-OH is 3. The van der Waals surface area contributed by atoms with E-state index in [4.69, 9.17) is 22.1 Å². The third-order valence-electron chi connectivity index (χ3n) is 6.66. The molecule has 5 aromatic rings. The number of imidazole rings is 1. The van der Waals surface area contributed by atoms with Crippen LogP contribution in [0.4, 0.5) is 17.6 Å². The number of para-hydroxylation sites is 1. The fraction of sp³-hybridized carbons (Fsp3) is 0.240. The Bertz CT molecular complexity index is 1700. The molecule has 39 heavy (non-hydrogen) atoms. The van der Waals surface area contributed by atoms with Gasteiger partial charge >= 0.3 is 0 Å². The van der Waals surface area contributed by atoms with Gasteiger partial charge in [0.05, 0.1) is 12.1 Å². The van der Waals surface area contributed by atoms with E-state index >= 15 is 0 Å². The number of ether oxygens (including phenoxy) is 1. The number of nitrogens with zero attached hydrogens (tertiary/aromatic N) is 7. The Morgan fingerprint density at radius 2 is 1.79 bits per heavy atom. The van der Waals surface area contributed by atoms with Gasteiger partial charge in [0.25, 0.3) is 5.95 Å². The summed E-state index contributed by atoms with van der Waals surface area (Å²) in [7, 11) is 0. The van der Waals surface area contributed by atoms with E-state index in [1.54, 1.807) is 28.8 Å². The van der Waals surface area contributed by atoms with Crippen molar-refractivity contribution in [3.8, 4) is 5.75 Å². The maximum atomic E-state index is 11.1. The number of nitrogens with two attached hydrogens (primary N) is 1. The normalized spacial score (nSPS) is 21.5. The van der Waals surface area contributed by atoms with E-state index in [2.05, 4.69) is 25.2 Å². The molecule has 3 aromatic heterocycles. The lowest BCUT2D eigenvalue weighted by Gasteiger charge is -2.17. The molecule has 2 aromatic carbocycles. The van der Waals surface area contributed by atoms with Crippen LogP contribution in [0.3, 0.4) is 0 Å². The lowest BCUT2D eigenvalue weighted by molar-refractivity contribution is -0.0503. The maximum absolute atomic E-state index is 11.1. The fourth-order valence-electron chi connectivity index (χ4n) is 4.71. The molecule has 6 N–H and O–H groups in total. The minimum atomic E-state index is -1.44. The van der Waals surface area contributed by atoms with Gasteiger partial charge in [0, 0.05) is 17.0 Å². The molecular weight excluding hydrogens is 528 g/mol. The molecule has 1 aliphatic rings. The summed E-state index contributed by atoms with van der Waals surface area (Å²) < 4.78 is 8.83. The molecule has 4 heterocycles. The highest BCUT2D eigenvalue weighted by Crippen LogP contribution is 2.41. The second kappa shape index (κ2) is 9.87. The summed E-state index contributed by atoms with van der Waals surface area (Å²) in [5.74, 6) is 0.0551. The van der Waals surface area contributed by atoms with Crippen LogP contribution >= 0.6 is 11.6 Å². The number of aromatic nitrogens is 5. The van der Waals surface area contributed by atoms with Crippen LogP contribution in [0.2, 0.25) is 5.02 Å². The highest BCUT2D eigenvalue weighted by atomic mass is 35.5. The Kier molecular flexibility index (Phi) is 6.37. The maximum Gasteiger partial charge on any atom is 0.254 e. The first-order valence-electron chi connectivity index (χ1n) is 11.9. The summed E-state index contributed by atoms with van der Waals surface area (Å²) in [6.45, 7) is -0.162. The van der Waals surface area contributed by atoms with Crippen molar-refractivity contribution in [2.24, 2.45) is 10.2 Å². The number of hydrogen-bond acceptors (Lipinski definition) is 11. The average molecular weight is 551 g/mol. The molecule has 0 saturated carbocycles. The zero-order valence-corrected chi connectivity index (χ0v) is 21.0. The predicted octanol–water partition coefficient (Wildman–Crippen LogP) is 2.80. The second-order valence-electron chi connectivity index (χ2n) is 9.04. The van der Waals surface area contributed by atoms with Crippen LogP contribution < -0.4 is 5.73 Å². The number of nitrogen functional groups attached to an aromatic ring is 1. The Balaban J connectivity index is 1.49. The third kappa shape index (κ3) is 4.26. The van der Waals surface area contributed by atoms with Crippen molar-refractivity contribution >= 4 is 51.3 Å². The number of fused-ring (bicyclic) bond motifs is 2. The van der Waals surface area contributed by atoms with Crippen molar-refractivity contribution in [3.63, 3.8) is 0 Å². The summed E-state index contributed by atoms with van der Waals surface area (Å²) in [6.07, 6.45) is -3.84. The van der Waals surface area contributed by atoms with Crippen molar-refractivity contribution in [2.75, 3.05) is 12.3 Å². The largest absolute Gasteiger partial charge is 0.504 e. The van der Waals surface area contributed by atoms with E-state index in [0.717, 1.165) is 11.1 Å². The molecular formula is C25H23ClN8O5. The molecule has 200 valence electrons. The first-order valence-corrected chi connectivity index (χ1v) is 12.3. The molecule has 14 heteroatoms. The molecule has 0 bridgehead atoms. The first-order chi connectivity index (χ1) is 18.9. The molecule has 0 spiro atoms. The monoisotopic (exact) mass is 550 g/mol. The summed E-state index contributed by atoms with van der Waals surface area (Å²) in [6, 6.07) is 14.6. The SMILES string of the molecule is Nc1ncnc2c1nc(/N=N/c1c(O)c3ccccc3n1Cc1ccc(Cl)cc1)n2C1OC(CO)C(O)C1O. The number of halogens is 1. The Morgan fingerprint density at radius 3 is 2.54 bits per heavy atom. The third-order valence-corrected chi connectivity index (χ3v) is 6.92. The van der Waals surface area contributed by atoms with Crippen molar-refractivity contribution < 1.29 is 25.2 Å². The van der Waals surface area contributed by atoms with Crippen molar-refractivity contribution in [1.82, 2.24) is 24.1 Å². The topological polar surface area (TPSA) is 189 Å². The number of azo groups is 1. The number of anilines is 1. The number of benzene rings is 2. The van der Waals surface area contributed by atoms with Crippen LogP contribution in [0.25, 0.3) is 22.1 Å². The molecule has 1 saturated heterocycles. The van der Waals surface area contributed by atoms with E-state index in [1.165, 1.54) is 10.9 Å². The molecule has 6 rings (SSSR count). The number of aliphatic hydroxyl groups is 3. The minimum absolute atomic E-state index is 0.0571. The molecule has 13 nitrogen and oxygen atoms in total. The zero-order valence-electron chi connectivity index (χ0n) is 20.2. The highest BCUT2D eigenvalue weighted by molar-refractivity contribution is 6.30. The van der Waals surface area contributed by atoms with Gasteiger partial charge in [0.2, 0.25) is 0 Å². The van der Waals surface area contributed by atoms with Crippen molar-refractivity contribution in [1.29, 1.82) is 0 Å². The van der Waals surface area contributed by atoms with E-state index in [1.807, 2.05) is 24.3 Å². The number of rotatable bonds is 6. The van der Waals surface area contributed by atoms with Crippen LogP contribution in [0, 0.1) is 0 Å². The number of hydrogen-bond donors (Lipinski definition) is 5. The molecule has 4 unspecified atom stereocenters. The summed E-state index contributed by atoms with van der Waals surface area (Å²) in [5.41, 5.74) is 8.01. The van der Waals surface area contributed by atoms with Gasteiger partial charge in [0.1, 0.15) is 24.6 Å². The van der Waals surface area contributed by atoms with Crippen molar-refractivity contribution in [2.45, 2.75) is 31.1 Å². The van der Waals surface area contributed by atoms with Gasteiger partial charge < -0.3 is 35.5 Å². The molecule has 4 atom stereocenters. The smallest absolute Gasteiger partial charge is 0.254 e.